The summed E-state index contributed by atoms with van der Waals surface area (Å²) in [6.07, 6.45) is 1.28. The molecule has 0 unspecified atom stereocenters. The molecular formula is C18H14Cl2N2O5. The molecule has 0 fully saturated rings. The van der Waals surface area contributed by atoms with Crippen molar-refractivity contribution in [3.05, 3.63) is 74.3 Å². The SMILES string of the molecule is C[C@@H](OC(=O)/C=C/c1c(Cl)cccc1Cl)C(=O)Nc1ccccc1[N+](=O)[O-]. The smallest absolute Gasteiger partial charge is 0.331 e. The lowest BCUT2D eigenvalue weighted by molar-refractivity contribution is -0.383. The minimum Gasteiger partial charge on any atom is -0.449 e. The quantitative estimate of drug-likeness (QED) is 0.328. The highest BCUT2D eigenvalue weighted by Crippen LogP contribution is 2.26. The Hall–Kier alpha value is -2.90. The zero-order valence-corrected chi connectivity index (χ0v) is 15.5. The average molecular weight is 409 g/mol. The summed E-state index contributed by atoms with van der Waals surface area (Å²) in [4.78, 5) is 34.4. The van der Waals surface area contributed by atoms with Crippen molar-refractivity contribution >= 4 is 52.5 Å². The zero-order chi connectivity index (χ0) is 20.0. The van der Waals surface area contributed by atoms with E-state index in [-0.39, 0.29) is 11.4 Å². The highest BCUT2D eigenvalue weighted by atomic mass is 35.5. The fourth-order valence-electron chi connectivity index (χ4n) is 2.06. The summed E-state index contributed by atoms with van der Waals surface area (Å²) >= 11 is 12.0. The molecule has 0 heterocycles. The molecule has 0 saturated heterocycles. The Bertz CT molecular complexity index is 894. The lowest BCUT2D eigenvalue weighted by Crippen LogP contribution is -2.29. The Kier molecular flexibility index (Phi) is 6.92. The number of benzene rings is 2. The van der Waals surface area contributed by atoms with Gasteiger partial charge in [0.05, 0.1) is 4.92 Å². The van der Waals surface area contributed by atoms with Crippen LogP contribution >= 0.6 is 23.2 Å². The fourth-order valence-corrected chi connectivity index (χ4v) is 2.58. The topological polar surface area (TPSA) is 98.5 Å². The molecule has 1 N–H and O–H groups in total. The van der Waals surface area contributed by atoms with Gasteiger partial charge >= 0.3 is 5.97 Å². The van der Waals surface area contributed by atoms with Gasteiger partial charge < -0.3 is 10.1 Å². The van der Waals surface area contributed by atoms with Crippen molar-refractivity contribution in [3.8, 4) is 0 Å². The van der Waals surface area contributed by atoms with Crippen LogP contribution in [0.25, 0.3) is 6.08 Å². The van der Waals surface area contributed by atoms with Gasteiger partial charge in [-0.1, -0.05) is 41.4 Å². The number of esters is 1. The number of rotatable bonds is 6. The third-order valence-electron chi connectivity index (χ3n) is 3.41. The normalized spacial score (nSPS) is 11.8. The first kappa shape index (κ1) is 20.4. The van der Waals surface area contributed by atoms with E-state index in [0.29, 0.717) is 15.6 Å². The van der Waals surface area contributed by atoms with Crippen molar-refractivity contribution in [3.63, 3.8) is 0 Å². The van der Waals surface area contributed by atoms with Crippen LogP contribution < -0.4 is 5.32 Å². The Balaban J connectivity index is 2.01. The number of carbonyl (C=O) groups excluding carboxylic acids is 2. The molecule has 9 heteroatoms. The van der Waals surface area contributed by atoms with E-state index in [0.717, 1.165) is 6.08 Å². The monoisotopic (exact) mass is 408 g/mol. The minimum absolute atomic E-state index is 0.00814. The molecule has 0 aliphatic carbocycles. The summed E-state index contributed by atoms with van der Waals surface area (Å²) in [5.41, 5.74) is 0.182. The number of hydrogen-bond acceptors (Lipinski definition) is 5. The molecule has 140 valence electrons. The van der Waals surface area contributed by atoms with E-state index >= 15 is 0 Å². The molecule has 7 nitrogen and oxygen atoms in total. The van der Waals surface area contributed by atoms with Gasteiger partial charge in [0.25, 0.3) is 11.6 Å². The van der Waals surface area contributed by atoms with Crippen LogP contribution in [0.1, 0.15) is 12.5 Å². The van der Waals surface area contributed by atoms with Crippen LogP contribution in [0.15, 0.2) is 48.5 Å². The number of amides is 1. The van der Waals surface area contributed by atoms with Crippen LogP contribution in [0.2, 0.25) is 10.0 Å². The Labute approximate surface area is 164 Å². The van der Waals surface area contributed by atoms with Gasteiger partial charge in [0.15, 0.2) is 6.10 Å². The maximum Gasteiger partial charge on any atom is 0.331 e. The van der Waals surface area contributed by atoms with Gasteiger partial charge in [-0.15, -0.1) is 0 Å². The van der Waals surface area contributed by atoms with Crippen molar-refractivity contribution in [1.82, 2.24) is 0 Å². The molecule has 0 aliphatic rings. The second-order valence-electron chi connectivity index (χ2n) is 5.31. The molecule has 0 saturated carbocycles. The standard InChI is InChI=1S/C18H14Cl2N2O5/c1-11(18(24)21-15-7-2-3-8-16(15)22(25)26)27-17(23)10-9-12-13(19)5-4-6-14(12)20/h2-11H,1H3,(H,21,24)/b10-9+/t11-/m1/s1. The molecule has 0 bridgehead atoms. The third-order valence-corrected chi connectivity index (χ3v) is 4.07. The summed E-state index contributed by atoms with van der Waals surface area (Å²) in [7, 11) is 0. The van der Waals surface area contributed by atoms with Crippen LogP contribution in [0.5, 0.6) is 0 Å². The lowest BCUT2D eigenvalue weighted by atomic mass is 10.2. The highest BCUT2D eigenvalue weighted by Gasteiger charge is 2.20. The van der Waals surface area contributed by atoms with Gasteiger partial charge in [0.1, 0.15) is 5.69 Å². The van der Waals surface area contributed by atoms with Gasteiger partial charge in [0, 0.05) is 27.8 Å². The number of ether oxygens (including phenoxy) is 1. The number of carbonyl (C=O) groups is 2. The first-order valence-electron chi connectivity index (χ1n) is 7.66. The van der Waals surface area contributed by atoms with E-state index in [4.69, 9.17) is 27.9 Å². The number of hydrogen-bond donors (Lipinski definition) is 1. The second kappa shape index (κ2) is 9.16. The van der Waals surface area contributed by atoms with E-state index in [1.807, 2.05) is 0 Å². The second-order valence-corrected chi connectivity index (χ2v) is 6.13. The van der Waals surface area contributed by atoms with E-state index < -0.39 is 22.9 Å². The van der Waals surface area contributed by atoms with Gasteiger partial charge in [-0.2, -0.15) is 0 Å². The van der Waals surface area contributed by atoms with Crippen molar-refractivity contribution in [2.45, 2.75) is 13.0 Å². The molecule has 0 aliphatic heterocycles. The number of nitro benzene ring substituents is 1. The van der Waals surface area contributed by atoms with E-state index in [1.54, 1.807) is 18.2 Å². The first-order valence-corrected chi connectivity index (χ1v) is 8.42. The van der Waals surface area contributed by atoms with Crippen LogP contribution in [0, 0.1) is 10.1 Å². The van der Waals surface area contributed by atoms with Crippen molar-refractivity contribution in [2.75, 3.05) is 5.32 Å². The maximum absolute atomic E-state index is 12.1. The largest absolute Gasteiger partial charge is 0.449 e. The fraction of sp³-hybridized carbons (Fsp3) is 0.111. The summed E-state index contributed by atoms with van der Waals surface area (Å²) in [5.74, 6) is -1.50. The van der Waals surface area contributed by atoms with Crippen LogP contribution in [-0.2, 0) is 14.3 Å². The third kappa shape index (κ3) is 5.54. The van der Waals surface area contributed by atoms with E-state index in [9.17, 15) is 19.7 Å². The Morgan fingerprint density at radius 3 is 2.41 bits per heavy atom. The number of anilines is 1. The number of para-hydroxylation sites is 2. The van der Waals surface area contributed by atoms with Crippen LogP contribution in [-0.4, -0.2) is 22.9 Å². The number of nitro groups is 1. The number of halogens is 2. The molecule has 27 heavy (non-hydrogen) atoms. The Morgan fingerprint density at radius 2 is 1.78 bits per heavy atom. The van der Waals surface area contributed by atoms with Crippen molar-refractivity contribution in [2.24, 2.45) is 0 Å². The highest BCUT2D eigenvalue weighted by molar-refractivity contribution is 6.37. The summed E-state index contributed by atoms with van der Waals surface area (Å²) in [5, 5.41) is 14.0. The van der Waals surface area contributed by atoms with E-state index in [1.165, 1.54) is 37.3 Å². The molecule has 0 radical (unpaired) electrons. The van der Waals surface area contributed by atoms with Gasteiger partial charge in [0.2, 0.25) is 0 Å². The Morgan fingerprint density at radius 1 is 1.15 bits per heavy atom. The average Bonchev–Trinajstić information content (AvgIpc) is 2.61. The minimum atomic E-state index is -1.18. The summed E-state index contributed by atoms with van der Waals surface area (Å²) < 4.78 is 4.99. The molecule has 0 aromatic heterocycles. The molecule has 1 amide bonds. The van der Waals surface area contributed by atoms with Crippen molar-refractivity contribution < 1.29 is 19.2 Å². The maximum atomic E-state index is 12.1. The molecule has 2 aromatic carbocycles. The first-order chi connectivity index (χ1) is 12.8. The van der Waals surface area contributed by atoms with E-state index in [2.05, 4.69) is 5.32 Å². The number of nitrogens with one attached hydrogen (secondary N) is 1. The summed E-state index contributed by atoms with van der Waals surface area (Å²) in [6, 6.07) is 10.5. The van der Waals surface area contributed by atoms with Crippen molar-refractivity contribution in [1.29, 1.82) is 0 Å². The van der Waals surface area contributed by atoms with Gasteiger partial charge in [-0.25, -0.2) is 4.79 Å². The van der Waals surface area contributed by atoms with Crippen LogP contribution in [0.4, 0.5) is 11.4 Å². The van der Waals surface area contributed by atoms with Gasteiger partial charge in [-0.05, 0) is 31.2 Å². The molecular weight excluding hydrogens is 395 g/mol. The molecule has 2 rings (SSSR count). The predicted octanol–water partition coefficient (Wildman–Crippen LogP) is 4.49. The van der Waals surface area contributed by atoms with Gasteiger partial charge in [-0.3, -0.25) is 14.9 Å². The lowest BCUT2D eigenvalue weighted by Gasteiger charge is -2.12. The summed E-state index contributed by atoms with van der Waals surface area (Å²) in [6.45, 7) is 1.35. The number of nitrogens with zero attached hydrogens (tertiary/aromatic N) is 1. The molecule has 2 aromatic rings. The van der Waals surface area contributed by atoms with Crippen LogP contribution in [0.3, 0.4) is 0 Å². The molecule has 0 spiro atoms. The zero-order valence-electron chi connectivity index (χ0n) is 14.0. The molecule has 1 atom stereocenters. The predicted molar refractivity (Wildman–Crippen MR) is 103 cm³/mol.